The number of hydrogen-bond acceptors (Lipinski definition) is 18. The fourth-order valence-corrected chi connectivity index (χ4v) is 8.66. The van der Waals surface area contributed by atoms with Crippen LogP contribution in [0.5, 0.6) is 11.5 Å². The van der Waals surface area contributed by atoms with Crippen LogP contribution in [0.25, 0.3) is 31.4 Å². The molecule has 7 N–H and O–H groups in total. The summed E-state index contributed by atoms with van der Waals surface area (Å²) in [6, 6.07) is 22.5. The zero-order valence-electron chi connectivity index (χ0n) is 37.0. The van der Waals surface area contributed by atoms with Crippen molar-refractivity contribution in [3.8, 4) is 11.5 Å². The number of phenols is 2. The van der Waals surface area contributed by atoms with E-state index in [1.165, 1.54) is 30.3 Å². The maximum Gasteiger partial charge on any atom is 1.00 e. The van der Waals surface area contributed by atoms with Crippen molar-refractivity contribution in [3.63, 3.8) is 0 Å². The first kappa shape index (κ1) is 63.4. The number of allylic oxidation sites excluding steroid dienone is 2. The third-order valence-electron chi connectivity index (χ3n) is 9.75. The Balaban J connectivity index is 0.000000457. The molecular weight excluding hydrogens is 1080 g/mol. The predicted molar refractivity (Wildman–Crippen MR) is 237 cm³/mol. The number of non-ortho nitro benzene ring substituents is 2. The van der Waals surface area contributed by atoms with Crippen molar-refractivity contribution >= 4 is 107 Å². The van der Waals surface area contributed by atoms with Gasteiger partial charge in [-0.15, -0.1) is 0 Å². The van der Waals surface area contributed by atoms with Gasteiger partial charge < -0.3 is 10.2 Å². The van der Waals surface area contributed by atoms with E-state index in [0.29, 0.717) is 17.5 Å². The SMILES string of the molecule is O=C1C=C(S(=O)(=O)O)c2cc([N+](=O)[O-])ccc2/C1=N/Nc1c(O)ccc2ccccc12.O=C1C=C(S(=O)(=O)O)c2cc([N+](=O)[O-])ccc2C1=NNc1c(O)ccc2cc(S(=O)(=O)O)ccc12.[Cr].[Na+].[Na+].[Na+].[Na+]. The molecule has 0 radical (unpaired) electrons. The number of anilines is 2. The van der Waals surface area contributed by atoms with Crippen LogP contribution in [0.2, 0.25) is 0 Å². The van der Waals surface area contributed by atoms with Crippen LogP contribution in [0.3, 0.4) is 0 Å². The normalized spacial score (nSPS) is 14.0. The topological polar surface area (TPSA) is 373 Å². The van der Waals surface area contributed by atoms with Crippen molar-refractivity contribution in [2.24, 2.45) is 10.2 Å². The van der Waals surface area contributed by atoms with Gasteiger partial charge in [-0.3, -0.25) is 54.3 Å². The van der Waals surface area contributed by atoms with E-state index >= 15 is 0 Å². The first-order valence-electron chi connectivity index (χ1n) is 18.1. The number of hydrazone groups is 2. The Labute approximate surface area is 500 Å². The summed E-state index contributed by atoms with van der Waals surface area (Å²) < 4.78 is 98.0. The minimum absolute atomic E-state index is 0. The van der Waals surface area contributed by atoms with Crippen molar-refractivity contribution in [3.05, 3.63) is 158 Å². The fourth-order valence-electron chi connectivity index (χ4n) is 6.74. The number of rotatable bonds is 9. The number of benzene rings is 6. The fraction of sp³-hybridized carbons (Fsp3) is 0. The molecule has 6 aromatic carbocycles. The number of fused-ring (bicyclic) bond motifs is 4. The number of ketones is 2. The van der Waals surface area contributed by atoms with E-state index in [0.717, 1.165) is 47.9 Å². The summed E-state index contributed by atoms with van der Waals surface area (Å²) in [6.07, 6.45) is 1.20. The Morgan fingerprint density at radius 1 is 0.493 bits per heavy atom. The Morgan fingerprint density at radius 3 is 1.31 bits per heavy atom. The minimum atomic E-state index is -4.92. The van der Waals surface area contributed by atoms with Gasteiger partial charge in [-0.2, -0.15) is 35.5 Å². The number of nitro groups is 2. The summed E-state index contributed by atoms with van der Waals surface area (Å²) in [5, 5.41) is 52.7. The second-order valence-corrected chi connectivity index (χ2v) is 18.0. The third-order valence-corrected chi connectivity index (χ3v) is 12.4. The average Bonchev–Trinajstić information content (AvgIpc) is 3.25. The van der Waals surface area contributed by atoms with Gasteiger partial charge in [-0.1, -0.05) is 42.5 Å². The molecule has 0 heterocycles. The molecule has 0 bridgehead atoms. The summed E-state index contributed by atoms with van der Waals surface area (Å²) in [4.78, 5) is 43.9. The van der Waals surface area contributed by atoms with Crippen LogP contribution < -0.4 is 129 Å². The molecule has 8 rings (SSSR count). The largest absolute Gasteiger partial charge is 1.00 e. The number of nitro benzene ring substituents is 2. The van der Waals surface area contributed by atoms with E-state index < -0.39 is 77.8 Å². The van der Waals surface area contributed by atoms with Gasteiger partial charge in [0.1, 0.15) is 44.1 Å². The quantitative estimate of drug-likeness (QED) is 0.0233. The van der Waals surface area contributed by atoms with E-state index in [4.69, 9.17) is 0 Å². The molecule has 0 saturated heterocycles. The van der Waals surface area contributed by atoms with Crippen LogP contribution in [0.4, 0.5) is 22.7 Å². The van der Waals surface area contributed by atoms with E-state index in [-0.39, 0.29) is 203 Å². The summed E-state index contributed by atoms with van der Waals surface area (Å²) >= 11 is 0. The van der Waals surface area contributed by atoms with Crippen LogP contribution in [0.15, 0.2) is 130 Å². The summed E-state index contributed by atoms with van der Waals surface area (Å²) in [7, 11) is -14.3. The molecule has 0 amide bonds. The number of carbonyl (C=O) groups is 2. The number of carbonyl (C=O) groups excluding carboxylic acids is 2. The first-order chi connectivity index (χ1) is 30.9. The molecule has 6 aromatic rings. The monoisotopic (exact) mass is 1100 g/mol. The molecular formula is C40H26CrN6Na4O17S3+4. The van der Waals surface area contributed by atoms with Crippen LogP contribution in [0.1, 0.15) is 22.3 Å². The van der Waals surface area contributed by atoms with Crippen LogP contribution in [0, 0.1) is 20.2 Å². The van der Waals surface area contributed by atoms with Gasteiger partial charge in [0.25, 0.3) is 41.7 Å². The van der Waals surface area contributed by atoms with Crippen LogP contribution in [-0.4, -0.2) is 82.0 Å². The van der Waals surface area contributed by atoms with Gasteiger partial charge in [-0.25, -0.2) is 0 Å². The number of nitrogens with zero attached hydrogens (tertiary/aromatic N) is 4. The van der Waals surface area contributed by atoms with Crippen molar-refractivity contribution in [2.45, 2.75) is 4.90 Å². The predicted octanol–water partition coefficient (Wildman–Crippen LogP) is -6.58. The summed E-state index contributed by atoms with van der Waals surface area (Å²) in [5.41, 5.74) is 2.97. The standard InChI is InChI=1S/C20H13N3O10S2.C20H13N3O7S.Cr.4Na/c24-16-6-1-10-7-12(34(28,29)30)3-5-13(10)19(16)21-22-20-14-4-2-11(23(26)27)8-15(14)18(9-17(20)25)35(31,32)33;24-16-8-5-11-3-1-2-4-13(11)19(16)21-22-20-14-7-6-12(23(26)27)9-15(14)18(10-17(20)25)31(28,29)30;;;;;/h1-9,21,24H,(H,28,29,30)(H,31,32,33);1-10,21,24H,(H,28,29,30);;;;;/q;;;4*+1/b;22-20-;;;;;. The van der Waals surface area contributed by atoms with E-state index in [1.54, 1.807) is 18.2 Å². The maximum atomic E-state index is 12.6. The van der Waals surface area contributed by atoms with Gasteiger partial charge in [0.2, 0.25) is 11.6 Å². The summed E-state index contributed by atoms with van der Waals surface area (Å²) in [5.74, 6) is -2.28. The van der Waals surface area contributed by atoms with Gasteiger partial charge >= 0.3 is 118 Å². The zero-order valence-corrected chi connectivity index (χ0v) is 48.8. The second-order valence-electron chi connectivity index (χ2n) is 13.8. The molecule has 0 saturated carbocycles. The first-order valence-corrected chi connectivity index (χ1v) is 22.4. The Hall–Kier alpha value is -3.74. The number of phenolic OH excluding ortho intramolecular Hbond substituents is 2. The van der Waals surface area contributed by atoms with E-state index in [2.05, 4.69) is 21.1 Å². The van der Waals surface area contributed by atoms with Crippen LogP contribution >= 0.6 is 0 Å². The molecule has 31 heteroatoms. The molecule has 0 aromatic heterocycles. The molecule has 342 valence electrons. The number of hydrogen-bond donors (Lipinski definition) is 7. The minimum Gasteiger partial charge on any atom is -0.506 e. The molecule has 0 spiro atoms. The number of aromatic hydroxyl groups is 2. The molecule has 0 fully saturated rings. The van der Waals surface area contributed by atoms with Crippen molar-refractivity contribution in [1.82, 2.24) is 0 Å². The molecule has 71 heavy (non-hydrogen) atoms. The second kappa shape index (κ2) is 25.0. The maximum absolute atomic E-state index is 12.6. The average molecular weight is 1100 g/mol. The smallest absolute Gasteiger partial charge is 0.506 e. The Morgan fingerprint density at radius 2 is 0.901 bits per heavy atom. The Bertz CT molecular complexity index is 3670. The summed E-state index contributed by atoms with van der Waals surface area (Å²) in [6.45, 7) is 0. The zero-order chi connectivity index (χ0) is 48.0. The number of nitrogens with one attached hydrogen (secondary N) is 2. The van der Waals surface area contributed by atoms with Gasteiger partial charge in [0.05, 0.1) is 14.7 Å². The van der Waals surface area contributed by atoms with Gasteiger partial charge in [0, 0.05) is 86.8 Å². The van der Waals surface area contributed by atoms with Crippen molar-refractivity contribution < 1.29 is 204 Å². The van der Waals surface area contributed by atoms with Gasteiger partial charge in [0.15, 0.2) is 0 Å². The van der Waals surface area contributed by atoms with Crippen molar-refractivity contribution in [1.29, 1.82) is 0 Å². The van der Waals surface area contributed by atoms with E-state index in [9.17, 15) is 78.9 Å². The molecule has 2 aliphatic carbocycles. The molecule has 0 atom stereocenters. The molecule has 0 aliphatic heterocycles. The molecule has 2 aliphatic rings. The molecule has 0 unspecified atom stereocenters. The van der Waals surface area contributed by atoms with E-state index in [1.807, 2.05) is 12.1 Å². The van der Waals surface area contributed by atoms with Crippen molar-refractivity contribution in [2.75, 3.05) is 10.9 Å². The third kappa shape index (κ3) is 13.9. The molecule has 23 nitrogen and oxygen atoms in total. The van der Waals surface area contributed by atoms with Crippen LogP contribution in [-0.2, 0) is 57.3 Å². The van der Waals surface area contributed by atoms with Gasteiger partial charge in [-0.05, 0) is 47.2 Å². The Kier molecular flexibility index (Phi) is 22.3.